The number of quaternary nitrogens is 1. The van der Waals surface area contributed by atoms with E-state index in [4.69, 9.17) is 4.74 Å². The maximum atomic E-state index is 12.6. The van der Waals surface area contributed by atoms with E-state index in [1.54, 1.807) is 12.1 Å². The van der Waals surface area contributed by atoms with E-state index in [0.717, 1.165) is 19.6 Å². The Morgan fingerprint density at radius 2 is 1.93 bits per heavy atom. The molecular weight excluding hydrogens is 344 g/mol. The molecule has 0 aliphatic carbocycles. The Kier molecular flexibility index (Phi) is 5.02. The first-order chi connectivity index (χ1) is 13.2. The number of rotatable bonds is 4. The van der Waals surface area contributed by atoms with Crippen LogP contribution < -0.4 is 15.0 Å². The highest BCUT2D eigenvalue weighted by Crippen LogP contribution is 2.29. The minimum Gasteiger partial charge on any atom is -0.478 e. The van der Waals surface area contributed by atoms with E-state index in [2.05, 4.69) is 10.3 Å². The van der Waals surface area contributed by atoms with E-state index in [9.17, 15) is 9.59 Å². The zero-order valence-corrected chi connectivity index (χ0v) is 15.1. The number of anilines is 1. The van der Waals surface area contributed by atoms with Gasteiger partial charge in [0.2, 0.25) is 5.91 Å². The van der Waals surface area contributed by atoms with E-state index in [1.165, 1.54) is 10.5 Å². The van der Waals surface area contributed by atoms with Crippen molar-refractivity contribution in [2.75, 3.05) is 31.5 Å². The molecule has 3 heterocycles. The van der Waals surface area contributed by atoms with Crippen molar-refractivity contribution in [3.05, 3.63) is 54.4 Å². The third-order valence-corrected chi connectivity index (χ3v) is 5.09. The first-order valence-corrected chi connectivity index (χ1v) is 9.26. The van der Waals surface area contributed by atoms with Crippen LogP contribution in [0.2, 0.25) is 0 Å². The van der Waals surface area contributed by atoms with Crippen LogP contribution >= 0.6 is 0 Å². The van der Waals surface area contributed by atoms with Crippen LogP contribution in [0.1, 0.15) is 12.0 Å². The Morgan fingerprint density at radius 3 is 2.70 bits per heavy atom. The lowest BCUT2D eigenvalue weighted by molar-refractivity contribution is -0.917. The number of ether oxygens (including phenoxy) is 1. The van der Waals surface area contributed by atoms with Gasteiger partial charge in [0.25, 0.3) is 5.91 Å². The molecule has 0 unspecified atom stereocenters. The Bertz CT molecular complexity index is 819. The molecule has 7 heteroatoms. The minimum atomic E-state index is -0.769. The quantitative estimate of drug-likeness (QED) is 0.804. The lowest BCUT2D eigenvalue weighted by atomic mass is 10.1. The minimum absolute atomic E-state index is 0.0301. The molecule has 1 aromatic carbocycles. The van der Waals surface area contributed by atoms with Crippen molar-refractivity contribution in [2.24, 2.45) is 0 Å². The highest BCUT2D eigenvalue weighted by molar-refractivity contribution is 5.99. The van der Waals surface area contributed by atoms with Crippen molar-refractivity contribution in [3.63, 3.8) is 0 Å². The van der Waals surface area contributed by atoms with Crippen molar-refractivity contribution < 1.29 is 19.2 Å². The molecular formula is C20H23N4O3+. The number of nitrogens with one attached hydrogen (secondary N) is 2. The zero-order valence-electron chi connectivity index (χ0n) is 15.1. The maximum Gasteiger partial charge on any atom is 0.266 e. The Labute approximate surface area is 157 Å². The van der Waals surface area contributed by atoms with E-state index < -0.39 is 6.10 Å². The van der Waals surface area contributed by atoms with Crippen LogP contribution in [0.15, 0.2) is 48.8 Å². The number of hydrogen-bond acceptors (Lipinski definition) is 4. The number of hydrogen-bond donors (Lipinski definition) is 2. The molecule has 2 amide bonds. The standard InChI is InChI=1S/C20H22N4O3/c25-19(13-18-20(26)22-16-3-1-2-4-17(16)27-18)24-11-9-23(10-12-24)14-15-5-7-21-8-6-15/h1-8,18H,9-14H2,(H,22,26)/p+1/t18-/m0/s1. The van der Waals surface area contributed by atoms with Crippen LogP contribution in [0.5, 0.6) is 5.75 Å². The van der Waals surface area contributed by atoms with Gasteiger partial charge in [-0.15, -0.1) is 0 Å². The van der Waals surface area contributed by atoms with Crippen LogP contribution in [-0.4, -0.2) is 54.0 Å². The molecule has 7 nitrogen and oxygen atoms in total. The first-order valence-electron chi connectivity index (χ1n) is 9.26. The van der Waals surface area contributed by atoms with Gasteiger partial charge in [0.05, 0.1) is 38.3 Å². The van der Waals surface area contributed by atoms with Gasteiger partial charge in [-0.05, 0) is 24.3 Å². The van der Waals surface area contributed by atoms with Gasteiger partial charge in [0.1, 0.15) is 12.3 Å². The van der Waals surface area contributed by atoms with Crippen LogP contribution in [0, 0.1) is 0 Å². The number of pyridine rings is 1. The molecule has 0 saturated carbocycles. The molecule has 1 aromatic heterocycles. The Hall–Kier alpha value is -2.93. The summed E-state index contributed by atoms with van der Waals surface area (Å²) in [4.78, 5) is 32.2. The third-order valence-electron chi connectivity index (χ3n) is 5.09. The molecule has 2 aromatic rings. The predicted molar refractivity (Wildman–Crippen MR) is 99.3 cm³/mol. The van der Waals surface area contributed by atoms with E-state index in [0.29, 0.717) is 24.5 Å². The number of piperazine rings is 1. The van der Waals surface area contributed by atoms with Crippen LogP contribution in [0.4, 0.5) is 5.69 Å². The van der Waals surface area contributed by atoms with Crippen molar-refractivity contribution in [1.82, 2.24) is 9.88 Å². The average Bonchev–Trinajstić information content (AvgIpc) is 2.70. The molecule has 2 N–H and O–H groups in total. The van der Waals surface area contributed by atoms with Gasteiger partial charge in [0.15, 0.2) is 6.10 Å². The largest absolute Gasteiger partial charge is 0.478 e. The van der Waals surface area contributed by atoms with Crippen molar-refractivity contribution >= 4 is 17.5 Å². The molecule has 27 heavy (non-hydrogen) atoms. The summed E-state index contributed by atoms with van der Waals surface area (Å²) in [5.41, 5.74) is 1.91. The molecule has 1 fully saturated rings. The summed E-state index contributed by atoms with van der Waals surface area (Å²) < 4.78 is 5.74. The van der Waals surface area contributed by atoms with Crippen molar-refractivity contribution in [2.45, 2.75) is 19.1 Å². The molecule has 2 aliphatic heterocycles. The van der Waals surface area contributed by atoms with Crippen LogP contribution in [0.25, 0.3) is 0 Å². The molecule has 1 saturated heterocycles. The second kappa shape index (κ2) is 7.75. The fourth-order valence-electron chi connectivity index (χ4n) is 3.55. The fraction of sp³-hybridized carbons (Fsp3) is 0.350. The van der Waals surface area contributed by atoms with Gasteiger partial charge in [0, 0.05) is 18.0 Å². The summed E-state index contributed by atoms with van der Waals surface area (Å²) in [6.45, 7) is 4.13. The molecule has 1 atom stereocenters. The maximum absolute atomic E-state index is 12.6. The number of benzene rings is 1. The van der Waals surface area contributed by atoms with E-state index >= 15 is 0 Å². The monoisotopic (exact) mass is 367 g/mol. The van der Waals surface area contributed by atoms with Crippen molar-refractivity contribution in [1.29, 1.82) is 0 Å². The van der Waals surface area contributed by atoms with E-state index in [1.807, 2.05) is 41.6 Å². The molecule has 0 spiro atoms. The fourth-order valence-corrected chi connectivity index (χ4v) is 3.55. The average molecular weight is 367 g/mol. The summed E-state index contributed by atoms with van der Waals surface area (Å²) in [6, 6.07) is 11.3. The smallest absolute Gasteiger partial charge is 0.266 e. The lowest BCUT2D eigenvalue weighted by Crippen LogP contribution is -3.13. The second-order valence-electron chi connectivity index (χ2n) is 6.96. The number of carbonyl (C=O) groups is 2. The Balaban J connectivity index is 1.29. The SMILES string of the molecule is O=C1Nc2ccccc2O[C@H]1CC(=O)N1CC[NH+](Cc2ccncc2)CC1. The number of aromatic nitrogens is 1. The molecule has 2 aliphatic rings. The zero-order chi connectivity index (χ0) is 18.6. The summed E-state index contributed by atoms with van der Waals surface area (Å²) in [7, 11) is 0. The third kappa shape index (κ3) is 4.09. The highest BCUT2D eigenvalue weighted by Gasteiger charge is 2.32. The molecule has 4 rings (SSSR count). The number of amides is 2. The second-order valence-corrected chi connectivity index (χ2v) is 6.96. The highest BCUT2D eigenvalue weighted by atomic mass is 16.5. The Morgan fingerprint density at radius 1 is 1.19 bits per heavy atom. The number of nitrogens with zero attached hydrogens (tertiary/aromatic N) is 2. The first kappa shape index (κ1) is 17.5. The normalized spacial score (nSPS) is 19.8. The van der Waals surface area contributed by atoms with Gasteiger partial charge >= 0.3 is 0 Å². The van der Waals surface area contributed by atoms with Gasteiger partial charge < -0.3 is 19.9 Å². The number of para-hydroxylation sites is 2. The number of fused-ring (bicyclic) bond motifs is 1. The topological polar surface area (TPSA) is 76.0 Å². The molecule has 0 bridgehead atoms. The van der Waals surface area contributed by atoms with Gasteiger partial charge in [-0.1, -0.05) is 12.1 Å². The van der Waals surface area contributed by atoms with Gasteiger partial charge in [-0.2, -0.15) is 0 Å². The number of carbonyl (C=O) groups excluding carboxylic acids is 2. The summed E-state index contributed by atoms with van der Waals surface area (Å²) in [5.74, 6) is 0.322. The molecule has 140 valence electrons. The summed E-state index contributed by atoms with van der Waals surface area (Å²) in [5, 5.41) is 2.81. The summed E-state index contributed by atoms with van der Waals surface area (Å²) >= 11 is 0. The van der Waals surface area contributed by atoms with Crippen molar-refractivity contribution in [3.8, 4) is 5.75 Å². The van der Waals surface area contributed by atoms with Crippen LogP contribution in [-0.2, 0) is 16.1 Å². The predicted octanol–water partition coefficient (Wildman–Crippen LogP) is 0.0985. The van der Waals surface area contributed by atoms with Crippen LogP contribution in [0.3, 0.4) is 0 Å². The lowest BCUT2D eigenvalue weighted by Gasteiger charge is -2.33. The summed E-state index contributed by atoms with van der Waals surface area (Å²) in [6.07, 6.45) is 2.92. The van der Waals surface area contributed by atoms with E-state index in [-0.39, 0.29) is 18.2 Å². The van der Waals surface area contributed by atoms with Gasteiger partial charge in [-0.25, -0.2) is 0 Å². The van der Waals surface area contributed by atoms with Gasteiger partial charge in [-0.3, -0.25) is 14.6 Å². The molecule has 0 radical (unpaired) electrons.